The van der Waals surface area contributed by atoms with E-state index in [1.807, 2.05) is 19.9 Å². The Morgan fingerprint density at radius 1 is 1.45 bits per heavy atom. The van der Waals surface area contributed by atoms with Crippen LogP contribution < -0.4 is 10.6 Å². The topological polar surface area (TPSA) is 82.7 Å². The van der Waals surface area contributed by atoms with Crippen molar-refractivity contribution in [3.8, 4) is 0 Å². The third-order valence-electron chi connectivity index (χ3n) is 3.22. The maximum atomic E-state index is 10.1. The maximum absolute atomic E-state index is 10.1. The van der Waals surface area contributed by atoms with E-state index in [4.69, 9.17) is 16.1 Å². The van der Waals surface area contributed by atoms with Crippen LogP contribution in [0.3, 0.4) is 0 Å². The van der Waals surface area contributed by atoms with E-state index < -0.39 is 6.10 Å². The Balaban J connectivity index is 1.85. The lowest BCUT2D eigenvalue weighted by Gasteiger charge is -2.14. The van der Waals surface area contributed by atoms with Gasteiger partial charge in [0.2, 0.25) is 0 Å². The number of hydrogen-bond acceptors (Lipinski definition) is 5. The number of aliphatic hydroxyl groups is 1. The van der Waals surface area contributed by atoms with E-state index in [1.54, 1.807) is 13.1 Å². The van der Waals surface area contributed by atoms with Crippen molar-refractivity contribution in [1.29, 1.82) is 0 Å². The third kappa shape index (κ3) is 4.22. The Bertz CT molecular complexity index is 634. The van der Waals surface area contributed by atoms with Gasteiger partial charge in [-0.05, 0) is 26.0 Å². The summed E-state index contributed by atoms with van der Waals surface area (Å²) in [7, 11) is 1.68. The lowest BCUT2D eigenvalue weighted by Crippen LogP contribution is -2.39. The number of nitrogens with zero attached hydrogens (tertiary/aromatic N) is 2. The van der Waals surface area contributed by atoms with Gasteiger partial charge in [-0.1, -0.05) is 16.8 Å². The van der Waals surface area contributed by atoms with Crippen molar-refractivity contribution >= 4 is 28.9 Å². The minimum atomic E-state index is -0.630. The molecule has 0 saturated carbocycles. The molecule has 0 amide bonds. The van der Waals surface area contributed by atoms with Gasteiger partial charge in [-0.15, -0.1) is 11.3 Å². The molecule has 1 unspecified atom stereocenters. The summed E-state index contributed by atoms with van der Waals surface area (Å²) in [5.41, 5.74) is 1.86. The third-order valence-corrected chi connectivity index (χ3v) is 4.56. The molecule has 0 bridgehead atoms. The summed E-state index contributed by atoms with van der Waals surface area (Å²) in [5.74, 6) is 1.38. The van der Waals surface area contributed by atoms with Gasteiger partial charge in [-0.3, -0.25) is 4.99 Å². The van der Waals surface area contributed by atoms with E-state index in [0.717, 1.165) is 21.9 Å². The summed E-state index contributed by atoms with van der Waals surface area (Å²) in [5, 5.41) is 20.3. The minimum absolute atomic E-state index is 0.345. The second-order valence-corrected chi connectivity index (χ2v) is 6.51. The van der Waals surface area contributed by atoms with Crippen molar-refractivity contribution in [3.63, 3.8) is 0 Å². The van der Waals surface area contributed by atoms with E-state index in [1.165, 1.54) is 11.3 Å². The quantitative estimate of drug-likeness (QED) is 0.574. The summed E-state index contributed by atoms with van der Waals surface area (Å²) in [6.07, 6.45) is -0.630. The standard InChI is InChI=1S/C14H19ClN4O2S/c1-8-10(9(2)21-19-8)6-17-14(16-3)18-7-11(20)12-4-5-13(15)22-12/h4-5,11,20H,6-7H2,1-3H3,(H2,16,17,18). The molecule has 2 aromatic heterocycles. The van der Waals surface area contributed by atoms with Gasteiger partial charge < -0.3 is 20.3 Å². The molecule has 0 saturated heterocycles. The van der Waals surface area contributed by atoms with Gasteiger partial charge in [0.25, 0.3) is 0 Å². The van der Waals surface area contributed by atoms with E-state index in [2.05, 4.69) is 20.8 Å². The fourth-order valence-electron chi connectivity index (χ4n) is 1.95. The number of aromatic nitrogens is 1. The molecule has 3 N–H and O–H groups in total. The molecule has 0 aliphatic carbocycles. The lowest BCUT2D eigenvalue weighted by molar-refractivity contribution is 0.184. The Morgan fingerprint density at radius 3 is 2.77 bits per heavy atom. The van der Waals surface area contributed by atoms with Crippen LogP contribution in [0.4, 0.5) is 0 Å². The first-order valence-corrected chi connectivity index (χ1v) is 8.00. The molecule has 0 aliphatic heterocycles. The normalized spacial score (nSPS) is 13.2. The second kappa shape index (κ2) is 7.62. The van der Waals surface area contributed by atoms with Crippen molar-refractivity contribution in [1.82, 2.24) is 15.8 Å². The molecule has 0 aromatic carbocycles. The van der Waals surface area contributed by atoms with E-state index >= 15 is 0 Å². The highest BCUT2D eigenvalue weighted by Crippen LogP contribution is 2.26. The molecule has 2 heterocycles. The first kappa shape index (κ1) is 16.8. The van der Waals surface area contributed by atoms with Crippen molar-refractivity contribution in [2.75, 3.05) is 13.6 Å². The van der Waals surface area contributed by atoms with Gasteiger partial charge in [0, 0.05) is 30.6 Å². The smallest absolute Gasteiger partial charge is 0.191 e. The van der Waals surface area contributed by atoms with Crippen LogP contribution in [0.5, 0.6) is 0 Å². The number of guanidine groups is 1. The molecule has 120 valence electrons. The Morgan fingerprint density at radius 2 is 2.23 bits per heavy atom. The SMILES string of the molecule is CN=C(NCc1c(C)noc1C)NCC(O)c1ccc(Cl)s1. The fourth-order valence-corrected chi connectivity index (χ4v) is 3.00. The van der Waals surface area contributed by atoms with Crippen molar-refractivity contribution in [2.45, 2.75) is 26.5 Å². The van der Waals surface area contributed by atoms with Gasteiger partial charge >= 0.3 is 0 Å². The monoisotopic (exact) mass is 342 g/mol. The molecular weight excluding hydrogens is 324 g/mol. The van der Waals surface area contributed by atoms with Crippen molar-refractivity contribution in [2.24, 2.45) is 4.99 Å². The van der Waals surface area contributed by atoms with Crippen LogP contribution >= 0.6 is 22.9 Å². The predicted octanol–water partition coefficient (Wildman–Crippen LogP) is 2.40. The van der Waals surface area contributed by atoms with E-state index in [0.29, 0.717) is 23.4 Å². The van der Waals surface area contributed by atoms with Gasteiger partial charge in [0.05, 0.1) is 10.0 Å². The zero-order valence-electron chi connectivity index (χ0n) is 12.7. The molecular formula is C14H19ClN4O2S. The fraction of sp³-hybridized carbons (Fsp3) is 0.429. The Labute approximate surface area is 138 Å². The molecule has 0 spiro atoms. The molecule has 8 heteroatoms. The highest BCUT2D eigenvalue weighted by Gasteiger charge is 2.12. The molecule has 0 aliphatic rings. The number of aliphatic imine (C=N–C) groups is 1. The van der Waals surface area contributed by atoms with Crippen LogP contribution in [0.25, 0.3) is 0 Å². The number of aliphatic hydroxyl groups excluding tert-OH is 1. The van der Waals surface area contributed by atoms with E-state index in [9.17, 15) is 5.11 Å². The summed E-state index contributed by atoms with van der Waals surface area (Å²) in [6, 6.07) is 3.59. The van der Waals surface area contributed by atoms with Crippen LogP contribution in [-0.4, -0.2) is 29.8 Å². The predicted molar refractivity (Wildman–Crippen MR) is 88.5 cm³/mol. The molecule has 1 atom stereocenters. The van der Waals surface area contributed by atoms with Crippen LogP contribution in [0.2, 0.25) is 4.34 Å². The summed E-state index contributed by atoms with van der Waals surface area (Å²) < 4.78 is 5.78. The molecule has 2 rings (SSSR count). The largest absolute Gasteiger partial charge is 0.386 e. The van der Waals surface area contributed by atoms with Crippen LogP contribution in [0.15, 0.2) is 21.6 Å². The lowest BCUT2D eigenvalue weighted by atomic mass is 10.2. The van der Waals surface area contributed by atoms with Crippen molar-refractivity contribution in [3.05, 3.63) is 38.4 Å². The number of nitrogens with one attached hydrogen (secondary N) is 2. The highest BCUT2D eigenvalue weighted by molar-refractivity contribution is 7.16. The second-order valence-electron chi connectivity index (χ2n) is 4.77. The number of hydrogen-bond donors (Lipinski definition) is 3. The summed E-state index contributed by atoms with van der Waals surface area (Å²) in [4.78, 5) is 4.95. The van der Waals surface area contributed by atoms with Gasteiger partial charge in [-0.25, -0.2) is 0 Å². The van der Waals surface area contributed by atoms with Crippen molar-refractivity contribution < 1.29 is 9.63 Å². The maximum Gasteiger partial charge on any atom is 0.191 e. The van der Waals surface area contributed by atoms with Crippen LogP contribution in [0.1, 0.15) is 28.0 Å². The molecule has 0 fully saturated rings. The average molecular weight is 343 g/mol. The molecule has 2 aromatic rings. The molecule has 6 nitrogen and oxygen atoms in total. The first-order valence-electron chi connectivity index (χ1n) is 6.80. The first-order chi connectivity index (χ1) is 10.5. The Kier molecular flexibility index (Phi) is 5.82. The number of halogens is 1. The average Bonchev–Trinajstić information content (AvgIpc) is 3.06. The van der Waals surface area contributed by atoms with Gasteiger partial charge in [-0.2, -0.15) is 0 Å². The minimum Gasteiger partial charge on any atom is -0.386 e. The zero-order chi connectivity index (χ0) is 16.1. The molecule has 0 radical (unpaired) electrons. The molecule has 22 heavy (non-hydrogen) atoms. The number of thiophene rings is 1. The van der Waals surface area contributed by atoms with Gasteiger partial charge in [0.15, 0.2) is 5.96 Å². The Hall–Kier alpha value is -1.57. The van der Waals surface area contributed by atoms with Gasteiger partial charge in [0.1, 0.15) is 11.9 Å². The number of aryl methyl sites for hydroxylation is 2. The van der Waals surface area contributed by atoms with Crippen LogP contribution in [0, 0.1) is 13.8 Å². The number of rotatable bonds is 5. The zero-order valence-corrected chi connectivity index (χ0v) is 14.3. The summed E-state index contributed by atoms with van der Waals surface area (Å²) in [6.45, 7) is 4.67. The van der Waals surface area contributed by atoms with Crippen LogP contribution in [-0.2, 0) is 6.54 Å². The summed E-state index contributed by atoms with van der Waals surface area (Å²) >= 11 is 7.23. The highest BCUT2D eigenvalue weighted by atomic mass is 35.5. The van der Waals surface area contributed by atoms with E-state index in [-0.39, 0.29) is 0 Å².